The van der Waals surface area contributed by atoms with E-state index < -0.39 is 11.2 Å². The van der Waals surface area contributed by atoms with Gasteiger partial charge in [0.2, 0.25) is 6.20 Å². The highest BCUT2D eigenvalue weighted by Crippen LogP contribution is 1.91. The molecule has 10 heavy (non-hydrogen) atoms. The topological polar surface area (TPSA) is 61.6 Å². The summed E-state index contributed by atoms with van der Waals surface area (Å²) in [5.74, 6) is 0. The van der Waals surface area contributed by atoms with E-state index in [1.54, 1.807) is 0 Å². The zero-order valence-corrected chi connectivity index (χ0v) is 5.81. The Kier molecular flexibility index (Phi) is 4.43. The van der Waals surface area contributed by atoms with E-state index in [2.05, 4.69) is 9.47 Å². The lowest BCUT2D eigenvalue weighted by atomic mass is 10.6. The fourth-order valence-corrected chi connectivity index (χ4v) is 0.394. The summed E-state index contributed by atoms with van der Waals surface area (Å²) in [5, 5.41) is 9.74. The van der Waals surface area contributed by atoms with Gasteiger partial charge in [-0.2, -0.15) is 0 Å². The van der Waals surface area contributed by atoms with E-state index >= 15 is 0 Å². The molecule has 0 N–H and O–H groups in total. The van der Waals surface area contributed by atoms with Crippen LogP contribution in [0.1, 0.15) is 0 Å². The second-order valence-electron chi connectivity index (χ2n) is 1.47. The fraction of sp³-hybridized carbons (Fsp3) is 0.600. The zero-order valence-electron chi connectivity index (χ0n) is 5.81. The van der Waals surface area contributed by atoms with Crippen molar-refractivity contribution < 1.29 is 14.4 Å². The SMILES string of the molecule is COC(C=C[N+](=O)[O-])OC. The van der Waals surface area contributed by atoms with Gasteiger partial charge in [-0.15, -0.1) is 0 Å². The molecule has 0 unspecified atom stereocenters. The molecule has 0 atom stereocenters. The number of hydrogen-bond donors (Lipinski definition) is 0. The molecule has 58 valence electrons. The Bertz CT molecular complexity index is 130. The van der Waals surface area contributed by atoms with Crippen molar-refractivity contribution in [1.82, 2.24) is 0 Å². The maximum absolute atomic E-state index is 9.74. The van der Waals surface area contributed by atoms with E-state index in [9.17, 15) is 10.1 Å². The molecular formula is C5H9NO4. The molecule has 0 radical (unpaired) electrons. The van der Waals surface area contributed by atoms with Gasteiger partial charge in [-0.25, -0.2) is 0 Å². The average molecular weight is 147 g/mol. The quantitative estimate of drug-likeness (QED) is 0.328. The Labute approximate surface area is 58.4 Å². The standard InChI is InChI=1S/C5H9NO4/c1-9-5(10-2)3-4-6(7)8/h3-5H,1-2H3. The van der Waals surface area contributed by atoms with Crippen molar-refractivity contribution in [2.45, 2.75) is 6.29 Å². The third-order valence-corrected chi connectivity index (χ3v) is 0.830. The van der Waals surface area contributed by atoms with Gasteiger partial charge in [-0.3, -0.25) is 10.1 Å². The Morgan fingerprint density at radius 2 is 2.00 bits per heavy atom. The highest BCUT2D eigenvalue weighted by molar-refractivity contribution is 4.76. The first-order valence-corrected chi connectivity index (χ1v) is 2.58. The summed E-state index contributed by atoms with van der Waals surface area (Å²) < 4.78 is 9.27. The van der Waals surface area contributed by atoms with Crippen LogP contribution in [-0.4, -0.2) is 25.4 Å². The van der Waals surface area contributed by atoms with E-state index in [4.69, 9.17) is 0 Å². The minimum atomic E-state index is -0.634. The molecule has 0 spiro atoms. The lowest BCUT2D eigenvalue weighted by Gasteiger charge is -2.04. The summed E-state index contributed by atoms with van der Waals surface area (Å²) in [6, 6.07) is 0. The summed E-state index contributed by atoms with van der Waals surface area (Å²) in [6.45, 7) is 0. The first-order valence-electron chi connectivity index (χ1n) is 2.58. The molecule has 0 aromatic carbocycles. The largest absolute Gasteiger partial charge is 0.352 e. The van der Waals surface area contributed by atoms with E-state index in [0.717, 1.165) is 6.20 Å². The predicted molar refractivity (Wildman–Crippen MR) is 33.9 cm³/mol. The average Bonchev–Trinajstić information content (AvgIpc) is 1.90. The maximum atomic E-state index is 9.74. The Morgan fingerprint density at radius 1 is 1.50 bits per heavy atom. The van der Waals surface area contributed by atoms with Crippen LogP contribution in [0.3, 0.4) is 0 Å². The van der Waals surface area contributed by atoms with Crippen molar-refractivity contribution >= 4 is 0 Å². The van der Waals surface area contributed by atoms with Crippen LogP contribution in [0, 0.1) is 10.1 Å². The highest BCUT2D eigenvalue weighted by atomic mass is 16.7. The molecule has 0 aliphatic carbocycles. The second-order valence-corrected chi connectivity index (χ2v) is 1.47. The number of nitrogens with zero attached hydrogens (tertiary/aromatic N) is 1. The van der Waals surface area contributed by atoms with Crippen LogP contribution in [0.2, 0.25) is 0 Å². The molecule has 0 heterocycles. The van der Waals surface area contributed by atoms with Gasteiger partial charge < -0.3 is 9.47 Å². The summed E-state index contributed by atoms with van der Waals surface area (Å²) in [6.07, 6.45) is 1.35. The molecule has 0 aliphatic heterocycles. The minimum Gasteiger partial charge on any atom is -0.352 e. The molecule has 0 aliphatic rings. The van der Waals surface area contributed by atoms with Crippen LogP contribution < -0.4 is 0 Å². The van der Waals surface area contributed by atoms with Crippen LogP contribution in [0.15, 0.2) is 12.3 Å². The van der Waals surface area contributed by atoms with E-state index in [1.807, 2.05) is 0 Å². The van der Waals surface area contributed by atoms with Crippen molar-refractivity contribution in [1.29, 1.82) is 0 Å². The van der Waals surface area contributed by atoms with E-state index in [1.165, 1.54) is 20.3 Å². The van der Waals surface area contributed by atoms with Crippen molar-refractivity contribution in [2.75, 3.05) is 14.2 Å². The fourth-order valence-electron chi connectivity index (χ4n) is 0.394. The molecule has 0 rings (SSSR count). The normalized spacial score (nSPS) is 11.1. The van der Waals surface area contributed by atoms with E-state index in [0.29, 0.717) is 0 Å². The molecule has 0 bridgehead atoms. The Morgan fingerprint density at radius 3 is 2.30 bits per heavy atom. The van der Waals surface area contributed by atoms with E-state index in [-0.39, 0.29) is 0 Å². The summed E-state index contributed by atoms with van der Waals surface area (Å²) >= 11 is 0. The van der Waals surface area contributed by atoms with Crippen LogP contribution in [0.4, 0.5) is 0 Å². The zero-order chi connectivity index (χ0) is 7.98. The van der Waals surface area contributed by atoms with Gasteiger partial charge in [-0.05, 0) is 0 Å². The summed E-state index contributed by atoms with van der Waals surface area (Å²) in [5.41, 5.74) is 0. The molecule has 0 saturated heterocycles. The summed E-state index contributed by atoms with van der Waals surface area (Å²) in [4.78, 5) is 9.16. The number of ether oxygens (including phenoxy) is 2. The van der Waals surface area contributed by atoms with Gasteiger partial charge in [0.25, 0.3) is 0 Å². The molecule has 5 nitrogen and oxygen atoms in total. The first-order chi connectivity index (χ1) is 4.70. The molecule has 0 amide bonds. The van der Waals surface area contributed by atoms with Gasteiger partial charge in [0.05, 0.1) is 4.92 Å². The first kappa shape index (κ1) is 9.06. The third kappa shape index (κ3) is 3.99. The van der Waals surface area contributed by atoms with Crippen molar-refractivity contribution in [2.24, 2.45) is 0 Å². The Hall–Kier alpha value is -0.940. The van der Waals surface area contributed by atoms with Crippen LogP contribution in [0.5, 0.6) is 0 Å². The van der Waals surface area contributed by atoms with Crippen molar-refractivity contribution in [3.05, 3.63) is 22.4 Å². The number of rotatable bonds is 4. The smallest absolute Gasteiger partial charge is 0.235 e. The van der Waals surface area contributed by atoms with Gasteiger partial charge in [0.15, 0.2) is 6.29 Å². The van der Waals surface area contributed by atoms with Crippen molar-refractivity contribution in [3.63, 3.8) is 0 Å². The van der Waals surface area contributed by atoms with Crippen LogP contribution >= 0.6 is 0 Å². The minimum absolute atomic E-state index is 0.578. The van der Waals surface area contributed by atoms with Crippen LogP contribution in [-0.2, 0) is 9.47 Å². The monoisotopic (exact) mass is 147 g/mol. The number of nitro groups is 1. The molecule has 0 saturated carbocycles. The van der Waals surface area contributed by atoms with Gasteiger partial charge >= 0.3 is 0 Å². The Balaban J connectivity index is 3.72. The number of methoxy groups -OCH3 is 2. The third-order valence-electron chi connectivity index (χ3n) is 0.830. The lowest BCUT2D eigenvalue weighted by molar-refractivity contribution is -0.403. The molecular weight excluding hydrogens is 138 g/mol. The molecule has 0 fully saturated rings. The molecule has 0 aromatic rings. The predicted octanol–water partition coefficient (Wildman–Crippen LogP) is 0.396. The number of hydrogen-bond acceptors (Lipinski definition) is 4. The summed E-state index contributed by atoms with van der Waals surface area (Å²) in [7, 11) is 2.80. The highest BCUT2D eigenvalue weighted by Gasteiger charge is 1.99. The van der Waals surface area contributed by atoms with Crippen molar-refractivity contribution in [3.8, 4) is 0 Å². The molecule has 5 heteroatoms. The second kappa shape index (κ2) is 4.89. The van der Waals surface area contributed by atoms with Gasteiger partial charge in [-0.1, -0.05) is 0 Å². The van der Waals surface area contributed by atoms with Gasteiger partial charge in [0, 0.05) is 20.3 Å². The maximum Gasteiger partial charge on any atom is 0.235 e. The lowest BCUT2D eigenvalue weighted by Crippen LogP contribution is -2.09. The van der Waals surface area contributed by atoms with Crippen LogP contribution in [0.25, 0.3) is 0 Å². The van der Waals surface area contributed by atoms with Gasteiger partial charge in [0.1, 0.15) is 0 Å². The molecule has 0 aromatic heterocycles.